The minimum Gasteiger partial charge on any atom is -0.350 e. The van der Waals surface area contributed by atoms with E-state index in [4.69, 9.17) is 0 Å². The Morgan fingerprint density at radius 3 is 2.25 bits per heavy atom. The van der Waals surface area contributed by atoms with Crippen molar-refractivity contribution in [3.8, 4) is 0 Å². The van der Waals surface area contributed by atoms with Gasteiger partial charge in [-0.1, -0.05) is 47.0 Å². The Morgan fingerprint density at radius 2 is 1.75 bits per heavy atom. The van der Waals surface area contributed by atoms with Crippen molar-refractivity contribution in [2.45, 2.75) is 65.3 Å². The van der Waals surface area contributed by atoms with E-state index >= 15 is 0 Å². The smallest absolute Gasteiger partial charge is 0.223 e. The predicted molar refractivity (Wildman–Crippen MR) is 66.1 cm³/mol. The van der Waals surface area contributed by atoms with E-state index in [0.717, 1.165) is 0 Å². The summed E-state index contributed by atoms with van der Waals surface area (Å²) in [6, 6.07) is 0. The topological polar surface area (TPSA) is 29.1 Å². The zero-order valence-corrected chi connectivity index (χ0v) is 11.1. The van der Waals surface area contributed by atoms with Crippen molar-refractivity contribution in [1.82, 2.24) is 5.32 Å². The van der Waals surface area contributed by atoms with Crippen LogP contribution in [-0.2, 0) is 4.79 Å². The molecule has 0 bridgehead atoms. The Bertz CT molecular complexity index is 284. The van der Waals surface area contributed by atoms with E-state index in [1.54, 1.807) is 0 Å². The van der Waals surface area contributed by atoms with Gasteiger partial charge in [0, 0.05) is 11.5 Å². The van der Waals surface area contributed by atoms with E-state index in [2.05, 4.69) is 33.0 Å². The summed E-state index contributed by atoms with van der Waals surface area (Å²) in [4.78, 5) is 12.0. The molecule has 1 N–H and O–H groups in total. The molecule has 2 unspecified atom stereocenters. The Labute approximate surface area is 99.2 Å². The third kappa shape index (κ3) is 1.76. The average molecular weight is 223 g/mol. The van der Waals surface area contributed by atoms with Crippen LogP contribution in [0.1, 0.15) is 59.8 Å². The fraction of sp³-hybridized carbons (Fsp3) is 0.929. The Kier molecular flexibility index (Phi) is 2.80. The molecule has 2 heteroatoms. The average Bonchev–Trinajstić information content (AvgIpc) is 2.38. The largest absolute Gasteiger partial charge is 0.350 e. The summed E-state index contributed by atoms with van der Waals surface area (Å²) in [5.41, 5.74) is 0.336. The molecule has 1 saturated carbocycles. The molecule has 0 radical (unpaired) electrons. The van der Waals surface area contributed by atoms with Crippen LogP contribution in [0.4, 0.5) is 0 Å². The highest BCUT2D eigenvalue weighted by Crippen LogP contribution is 2.50. The minimum absolute atomic E-state index is 0.118. The molecule has 2 aliphatic rings. The molecule has 2 atom stereocenters. The van der Waals surface area contributed by atoms with Crippen molar-refractivity contribution >= 4 is 5.91 Å². The first-order valence-electron chi connectivity index (χ1n) is 6.69. The zero-order valence-electron chi connectivity index (χ0n) is 11.1. The van der Waals surface area contributed by atoms with Crippen molar-refractivity contribution in [3.05, 3.63) is 0 Å². The summed E-state index contributed by atoms with van der Waals surface area (Å²) < 4.78 is 0. The van der Waals surface area contributed by atoms with E-state index in [-0.39, 0.29) is 22.8 Å². The third-order valence-electron chi connectivity index (χ3n) is 4.56. The number of nitrogens with one attached hydrogen (secondary N) is 1. The lowest BCUT2D eigenvalue weighted by molar-refractivity contribution is -0.123. The van der Waals surface area contributed by atoms with E-state index in [9.17, 15) is 4.79 Å². The third-order valence-corrected chi connectivity index (χ3v) is 4.56. The van der Waals surface area contributed by atoms with Gasteiger partial charge in [0.1, 0.15) is 0 Å². The van der Waals surface area contributed by atoms with Crippen LogP contribution in [0, 0.1) is 17.3 Å². The Morgan fingerprint density at radius 1 is 1.19 bits per heavy atom. The highest BCUT2D eigenvalue weighted by atomic mass is 16.2. The van der Waals surface area contributed by atoms with Crippen molar-refractivity contribution in [2.24, 2.45) is 17.3 Å². The van der Waals surface area contributed by atoms with Crippen LogP contribution >= 0.6 is 0 Å². The highest BCUT2D eigenvalue weighted by molar-refractivity contribution is 5.82. The van der Waals surface area contributed by atoms with Crippen LogP contribution < -0.4 is 5.32 Å². The van der Waals surface area contributed by atoms with Crippen LogP contribution in [-0.4, -0.2) is 11.4 Å². The quantitative estimate of drug-likeness (QED) is 0.671. The van der Waals surface area contributed by atoms with Gasteiger partial charge in [-0.15, -0.1) is 0 Å². The van der Waals surface area contributed by atoms with Gasteiger partial charge in [-0.3, -0.25) is 4.79 Å². The molecule has 1 amide bonds. The number of carbonyl (C=O) groups excluding carboxylic acids is 1. The fourth-order valence-corrected chi connectivity index (χ4v) is 4.26. The van der Waals surface area contributed by atoms with Gasteiger partial charge in [0.15, 0.2) is 0 Å². The maximum absolute atomic E-state index is 12.0. The molecule has 1 aliphatic carbocycles. The number of hydrogen-bond donors (Lipinski definition) is 1. The minimum atomic E-state index is 0.118. The summed E-state index contributed by atoms with van der Waals surface area (Å²) in [5, 5.41) is 3.34. The Balaban J connectivity index is 2.32. The van der Waals surface area contributed by atoms with E-state index < -0.39 is 0 Å². The monoisotopic (exact) mass is 223 g/mol. The van der Waals surface area contributed by atoms with Crippen molar-refractivity contribution in [3.63, 3.8) is 0 Å². The van der Waals surface area contributed by atoms with Gasteiger partial charge in [-0.25, -0.2) is 0 Å². The molecular weight excluding hydrogens is 198 g/mol. The van der Waals surface area contributed by atoms with Crippen LogP contribution in [0.2, 0.25) is 0 Å². The van der Waals surface area contributed by atoms with E-state index in [0.29, 0.717) is 5.92 Å². The number of carbonyl (C=O) groups is 1. The van der Waals surface area contributed by atoms with Crippen molar-refractivity contribution < 1.29 is 4.79 Å². The number of rotatable bonds is 0. The molecule has 92 valence electrons. The summed E-state index contributed by atoms with van der Waals surface area (Å²) in [6.45, 7) is 8.95. The molecule has 2 nitrogen and oxygen atoms in total. The Hall–Kier alpha value is -0.530. The molecule has 1 heterocycles. The molecular formula is C14H25NO. The molecule has 2 rings (SSSR count). The SMILES string of the molecule is CC1C(=O)NC2(CCCCC2)C1C(C)(C)C. The zero-order chi connectivity index (χ0) is 12.0. The lowest BCUT2D eigenvalue weighted by Gasteiger charge is -2.45. The van der Waals surface area contributed by atoms with Gasteiger partial charge in [-0.05, 0) is 24.2 Å². The van der Waals surface area contributed by atoms with Gasteiger partial charge in [0.05, 0.1) is 0 Å². The van der Waals surface area contributed by atoms with Gasteiger partial charge >= 0.3 is 0 Å². The first kappa shape index (κ1) is 11.9. The van der Waals surface area contributed by atoms with Gasteiger partial charge < -0.3 is 5.32 Å². The summed E-state index contributed by atoms with van der Waals surface area (Å²) in [7, 11) is 0. The van der Waals surface area contributed by atoms with Gasteiger partial charge in [-0.2, -0.15) is 0 Å². The molecule has 16 heavy (non-hydrogen) atoms. The summed E-state index contributed by atoms with van der Waals surface area (Å²) in [5.74, 6) is 0.952. The molecule has 1 aliphatic heterocycles. The lowest BCUT2D eigenvalue weighted by atomic mass is 9.61. The maximum Gasteiger partial charge on any atom is 0.223 e. The van der Waals surface area contributed by atoms with Crippen LogP contribution in [0.5, 0.6) is 0 Å². The van der Waals surface area contributed by atoms with Gasteiger partial charge in [0.25, 0.3) is 0 Å². The van der Waals surface area contributed by atoms with Crippen molar-refractivity contribution in [2.75, 3.05) is 0 Å². The molecule has 1 saturated heterocycles. The molecule has 0 aromatic carbocycles. The van der Waals surface area contributed by atoms with Crippen molar-refractivity contribution in [1.29, 1.82) is 0 Å². The van der Waals surface area contributed by atoms with Gasteiger partial charge in [0.2, 0.25) is 5.91 Å². The molecule has 2 fully saturated rings. The fourth-order valence-electron chi connectivity index (χ4n) is 4.26. The predicted octanol–water partition coefficient (Wildman–Crippen LogP) is 3.12. The lowest BCUT2D eigenvalue weighted by Crippen LogP contribution is -2.51. The molecule has 1 spiro atoms. The molecule has 0 aromatic heterocycles. The second-order valence-electron chi connectivity index (χ2n) is 6.84. The highest BCUT2D eigenvalue weighted by Gasteiger charge is 2.55. The normalized spacial score (nSPS) is 34.1. The van der Waals surface area contributed by atoms with E-state index in [1.807, 2.05) is 0 Å². The summed E-state index contributed by atoms with van der Waals surface area (Å²) >= 11 is 0. The van der Waals surface area contributed by atoms with Crippen LogP contribution in [0.15, 0.2) is 0 Å². The second kappa shape index (κ2) is 3.75. The number of hydrogen-bond acceptors (Lipinski definition) is 1. The maximum atomic E-state index is 12.0. The van der Waals surface area contributed by atoms with Crippen LogP contribution in [0.3, 0.4) is 0 Å². The first-order valence-corrected chi connectivity index (χ1v) is 6.69. The first-order chi connectivity index (χ1) is 7.37. The molecule has 0 aromatic rings. The standard InChI is InChI=1S/C14H25NO/c1-10-11(13(2,3)4)14(15-12(10)16)8-6-5-7-9-14/h10-11H,5-9H2,1-4H3,(H,15,16). The number of amides is 1. The van der Waals surface area contributed by atoms with Crippen LogP contribution in [0.25, 0.3) is 0 Å². The van der Waals surface area contributed by atoms with E-state index in [1.165, 1.54) is 32.1 Å². The second-order valence-corrected chi connectivity index (χ2v) is 6.84. The summed E-state index contributed by atoms with van der Waals surface area (Å²) in [6.07, 6.45) is 6.26.